The predicted octanol–water partition coefficient (Wildman–Crippen LogP) is 3.52. The highest BCUT2D eigenvalue weighted by Gasteiger charge is 2.24. The first-order valence-corrected chi connectivity index (χ1v) is 9.80. The summed E-state index contributed by atoms with van der Waals surface area (Å²) in [6.45, 7) is 0. The predicted molar refractivity (Wildman–Crippen MR) is 114 cm³/mol. The van der Waals surface area contributed by atoms with Gasteiger partial charge in [-0.1, -0.05) is 11.3 Å². The fourth-order valence-corrected chi connectivity index (χ4v) is 3.99. The minimum atomic E-state index is -0.565. The first-order valence-electron chi connectivity index (χ1n) is 8.98. The molecule has 2 aromatic carbocycles. The summed E-state index contributed by atoms with van der Waals surface area (Å²) >= 11 is 0.887. The van der Waals surface area contributed by atoms with Gasteiger partial charge in [-0.25, -0.2) is 9.97 Å². The molecule has 0 saturated heterocycles. The number of nitrogens with one attached hydrogen (secondary N) is 1. The lowest BCUT2D eigenvalue weighted by Crippen LogP contribution is -2.15. The van der Waals surface area contributed by atoms with E-state index >= 15 is 0 Å². The Bertz CT molecular complexity index is 1400. The van der Waals surface area contributed by atoms with Crippen molar-refractivity contribution in [3.05, 3.63) is 102 Å². The molecule has 12 heteroatoms. The van der Waals surface area contributed by atoms with Gasteiger partial charge in [0.15, 0.2) is 4.80 Å². The number of nitrogens with zero attached hydrogens (tertiary/aromatic N) is 5. The maximum Gasteiger partial charge on any atom is 0.269 e. The number of nitro groups is 2. The first kappa shape index (κ1) is 20.7. The minimum absolute atomic E-state index is 0.0326. The van der Waals surface area contributed by atoms with E-state index < -0.39 is 15.6 Å². The van der Waals surface area contributed by atoms with Gasteiger partial charge in [0.1, 0.15) is 4.88 Å². The van der Waals surface area contributed by atoms with Crippen LogP contribution in [0.3, 0.4) is 0 Å². The van der Waals surface area contributed by atoms with Gasteiger partial charge < -0.3 is 0 Å². The zero-order chi connectivity index (χ0) is 22.8. The van der Waals surface area contributed by atoms with Gasteiger partial charge >= 0.3 is 0 Å². The Kier molecular flexibility index (Phi) is 5.35. The number of hydrogen-bond donors (Lipinski definition) is 1. The van der Waals surface area contributed by atoms with Crippen molar-refractivity contribution in [3.63, 3.8) is 0 Å². The summed E-state index contributed by atoms with van der Waals surface area (Å²) in [6, 6.07) is 12.3. The van der Waals surface area contributed by atoms with Crippen molar-refractivity contribution in [1.82, 2.24) is 14.5 Å². The van der Waals surface area contributed by atoms with Gasteiger partial charge in [0.25, 0.3) is 11.4 Å². The molecule has 0 spiro atoms. The van der Waals surface area contributed by atoms with E-state index in [9.17, 15) is 25.0 Å². The van der Waals surface area contributed by atoms with Crippen LogP contribution in [0.4, 0.5) is 11.4 Å². The second kappa shape index (κ2) is 8.28. The number of thiazole rings is 1. The smallest absolute Gasteiger partial charge is 0.269 e. The van der Waals surface area contributed by atoms with Crippen LogP contribution in [-0.4, -0.2) is 30.2 Å². The maximum absolute atomic E-state index is 13.3. The zero-order valence-electron chi connectivity index (χ0n) is 16.0. The quantitative estimate of drug-likeness (QED) is 0.268. The molecule has 4 rings (SSSR count). The fraction of sp³-hybridized carbons (Fsp3) is 0. The van der Waals surface area contributed by atoms with Crippen LogP contribution in [0.5, 0.6) is 0 Å². The standard InChI is InChI=1S/C20H12N6O5S/c21-19-24(20-22-10-1-11-23-20)16(12-2-6-14(7-3-12)25(28)29)18(32-19)17(27)13-4-8-15(9-5-13)26(30)31/h1-11,21H. The Morgan fingerprint density at radius 2 is 1.44 bits per heavy atom. The third kappa shape index (κ3) is 3.77. The molecule has 0 fully saturated rings. The van der Waals surface area contributed by atoms with Gasteiger partial charge in [0.2, 0.25) is 11.7 Å². The molecule has 0 unspecified atom stereocenters. The van der Waals surface area contributed by atoms with Crippen molar-refractivity contribution in [2.24, 2.45) is 0 Å². The lowest BCUT2D eigenvalue weighted by atomic mass is 10.0. The summed E-state index contributed by atoms with van der Waals surface area (Å²) in [5, 5.41) is 30.4. The van der Waals surface area contributed by atoms with Crippen LogP contribution in [0.1, 0.15) is 15.2 Å². The van der Waals surface area contributed by atoms with E-state index in [0.717, 1.165) is 11.3 Å². The summed E-state index contributed by atoms with van der Waals surface area (Å²) < 4.78 is 1.38. The van der Waals surface area contributed by atoms with Gasteiger partial charge in [0.05, 0.1) is 15.5 Å². The number of carbonyl (C=O) groups excluding carboxylic acids is 1. The molecule has 2 heterocycles. The molecule has 0 saturated carbocycles. The average molecular weight is 448 g/mol. The van der Waals surface area contributed by atoms with E-state index in [0.29, 0.717) is 11.3 Å². The molecule has 0 bridgehead atoms. The molecule has 0 aliphatic heterocycles. The van der Waals surface area contributed by atoms with Crippen molar-refractivity contribution in [2.75, 3.05) is 0 Å². The molecular formula is C20H12N6O5S. The molecule has 0 amide bonds. The normalized spacial score (nSPS) is 10.6. The lowest BCUT2D eigenvalue weighted by Gasteiger charge is -2.09. The Hall–Kier alpha value is -4.58. The Morgan fingerprint density at radius 1 is 0.906 bits per heavy atom. The van der Waals surface area contributed by atoms with Crippen molar-refractivity contribution >= 4 is 28.5 Å². The summed E-state index contributed by atoms with van der Waals surface area (Å²) in [4.78, 5) is 42.6. The Balaban J connectivity index is 1.91. The SMILES string of the molecule is N=c1sc(C(=O)c2ccc([N+](=O)[O-])cc2)c(-c2ccc([N+](=O)[O-])cc2)n1-c1ncccn1. The van der Waals surface area contributed by atoms with Gasteiger partial charge in [-0.3, -0.25) is 35.0 Å². The second-order valence-corrected chi connectivity index (χ2v) is 7.41. The van der Waals surface area contributed by atoms with Gasteiger partial charge in [-0.15, -0.1) is 0 Å². The molecule has 4 aromatic rings. The van der Waals surface area contributed by atoms with Crippen molar-refractivity contribution < 1.29 is 14.6 Å². The van der Waals surface area contributed by atoms with E-state index in [-0.39, 0.29) is 32.6 Å². The second-order valence-electron chi connectivity index (χ2n) is 6.41. The highest BCUT2D eigenvalue weighted by atomic mass is 32.1. The number of non-ortho nitro benzene ring substituents is 2. The highest BCUT2D eigenvalue weighted by molar-refractivity contribution is 7.12. The number of benzene rings is 2. The number of nitro benzene ring substituents is 2. The average Bonchev–Trinajstić information content (AvgIpc) is 3.16. The first-order chi connectivity index (χ1) is 15.4. The molecular weight excluding hydrogens is 436 g/mol. The van der Waals surface area contributed by atoms with Crippen LogP contribution < -0.4 is 4.80 Å². The van der Waals surface area contributed by atoms with Crippen molar-refractivity contribution in [3.8, 4) is 17.2 Å². The third-order valence-electron chi connectivity index (χ3n) is 4.49. The van der Waals surface area contributed by atoms with E-state index in [4.69, 9.17) is 5.41 Å². The molecule has 32 heavy (non-hydrogen) atoms. The highest BCUT2D eigenvalue weighted by Crippen LogP contribution is 2.31. The molecule has 0 aliphatic rings. The summed E-state index contributed by atoms with van der Waals surface area (Å²) in [5.41, 5.74) is 0.659. The third-order valence-corrected chi connectivity index (χ3v) is 5.45. The van der Waals surface area contributed by atoms with E-state index in [1.807, 2.05) is 0 Å². The van der Waals surface area contributed by atoms with Crippen LogP contribution in [0, 0.1) is 25.6 Å². The van der Waals surface area contributed by atoms with Crippen LogP contribution in [0.25, 0.3) is 17.2 Å². The molecule has 0 radical (unpaired) electrons. The minimum Gasteiger partial charge on any atom is -0.288 e. The number of ketones is 1. The molecule has 0 atom stereocenters. The van der Waals surface area contributed by atoms with Crippen LogP contribution in [0.2, 0.25) is 0 Å². The molecule has 2 aromatic heterocycles. The number of rotatable bonds is 6. The van der Waals surface area contributed by atoms with Crippen LogP contribution in [0.15, 0.2) is 67.0 Å². The van der Waals surface area contributed by atoms with E-state index in [2.05, 4.69) is 9.97 Å². The van der Waals surface area contributed by atoms with Gasteiger partial charge in [0, 0.05) is 47.8 Å². The summed E-state index contributed by atoms with van der Waals surface area (Å²) in [6.07, 6.45) is 2.98. The largest absolute Gasteiger partial charge is 0.288 e. The molecule has 0 aliphatic carbocycles. The van der Waals surface area contributed by atoms with E-state index in [1.165, 1.54) is 65.5 Å². The fourth-order valence-electron chi connectivity index (χ4n) is 3.01. The summed E-state index contributed by atoms with van der Waals surface area (Å²) in [5.74, 6) is -0.300. The number of carbonyl (C=O) groups is 1. The molecule has 158 valence electrons. The van der Waals surface area contributed by atoms with E-state index in [1.54, 1.807) is 6.07 Å². The molecule has 1 N–H and O–H groups in total. The van der Waals surface area contributed by atoms with Crippen LogP contribution in [-0.2, 0) is 0 Å². The number of aromatic nitrogens is 3. The summed E-state index contributed by atoms with van der Waals surface area (Å²) in [7, 11) is 0. The lowest BCUT2D eigenvalue weighted by molar-refractivity contribution is -0.385. The topological polar surface area (TPSA) is 158 Å². The van der Waals surface area contributed by atoms with Gasteiger partial charge in [-0.05, 0) is 30.3 Å². The van der Waals surface area contributed by atoms with Gasteiger partial charge in [-0.2, -0.15) is 0 Å². The Morgan fingerprint density at radius 3 is 1.97 bits per heavy atom. The Labute approximate surface area is 183 Å². The van der Waals surface area contributed by atoms with Crippen molar-refractivity contribution in [1.29, 1.82) is 5.41 Å². The van der Waals surface area contributed by atoms with Crippen molar-refractivity contribution in [2.45, 2.75) is 0 Å². The maximum atomic E-state index is 13.3. The molecule has 11 nitrogen and oxygen atoms in total. The van der Waals surface area contributed by atoms with Crippen LogP contribution >= 0.6 is 11.3 Å². The monoisotopic (exact) mass is 448 g/mol. The number of hydrogen-bond acceptors (Lipinski definition) is 9. The zero-order valence-corrected chi connectivity index (χ0v) is 16.9.